The third kappa shape index (κ3) is 4.01. The van der Waals surface area contributed by atoms with E-state index in [1.165, 1.54) is 16.7 Å². The monoisotopic (exact) mass is 464 g/mol. The van der Waals surface area contributed by atoms with Crippen LogP contribution in [0.5, 0.6) is 0 Å². The van der Waals surface area contributed by atoms with Crippen LogP contribution in [0.15, 0.2) is 51.4 Å². The summed E-state index contributed by atoms with van der Waals surface area (Å²) in [6, 6.07) is 15.5. The molecule has 1 saturated heterocycles. The zero-order valence-electron chi connectivity index (χ0n) is 14.1. The van der Waals surface area contributed by atoms with Crippen molar-refractivity contribution in [3.05, 3.63) is 68.1 Å². The van der Waals surface area contributed by atoms with E-state index in [1.807, 2.05) is 0 Å². The van der Waals surface area contributed by atoms with E-state index in [2.05, 4.69) is 84.5 Å². The second-order valence-electron chi connectivity index (χ2n) is 6.76. The zero-order valence-corrected chi connectivity index (χ0v) is 17.2. The average Bonchev–Trinajstić information content (AvgIpc) is 2.98. The van der Waals surface area contributed by atoms with Crippen LogP contribution < -0.4 is 5.32 Å². The first kappa shape index (κ1) is 17.7. The number of fused-ring (bicyclic) bond motifs is 1. The molecule has 1 fully saturated rings. The van der Waals surface area contributed by atoms with Gasteiger partial charge in [-0.25, -0.2) is 0 Å². The van der Waals surface area contributed by atoms with Gasteiger partial charge in [-0.1, -0.05) is 56.1 Å². The predicted molar refractivity (Wildman–Crippen MR) is 108 cm³/mol. The van der Waals surface area contributed by atoms with E-state index in [4.69, 9.17) is 4.74 Å². The average molecular weight is 466 g/mol. The maximum Gasteiger partial charge on any atom is 0.0816 e. The molecule has 2 atom stereocenters. The summed E-state index contributed by atoms with van der Waals surface area (Å²) in [5.41, 5.74) is 4.08. The fraction of sp³-hybridized carbons (Fsp3) is 0.400. The highest BCUT2D eigenvalue weighted by atomic mass is 79.9. The van der Waals surface area contributed by atoms with Crippen LogP contribution in [-0.4, -0.2) is 37.2 Å². The molecule has 1 heterocycles. The minimum atomic E-state index is 0.216. The molecule has 0 spiro atoms. The third-order valence-corrected chi connectivity index (χ3v) is 5.99. The first-order valence-corrected chi connectivity index (χ1v) is 10.4. The molecular formula is C20H22Br2N2O. The summed E-state index contributed by atoms with van der Waals surface area (Å²) >= 11 is 7.13. The lowest BCUT2D eigenvalue weighted by Crippen LogP contribution is -2.47. The van der Waals surface area contributed by atoms with Crippen LogP contribution in [-0.2, 0) is 17.8 Å². The van der Waals surface area contributed by atoms with Crippen molar-refractivity contribution in [2.75, 3.05) is 26.2 Å². The van der Waals surface area contributed by atoms with Crippen LogP contribution in [0.1, 0.15) is 22.7 Å². The molecule has 3 nitrogen and oxygen atoms in total. The van der Waals surface area contributed by atoms with Gasteiger partial charge in [0.1, 0.15) is 0 Å². The van der Waals surface area contributed by atoms with E-state index < -0.39 is 0 Å². The molecule has 2 aliphatic rings. The normalized spacial score (nSPS) is 23.6. The Morgan fingerprint density at radius 2 is 1.76 bits per heavy atom. The summed E-state index contributed by atoms with van der Waals surface area (Å²) in [4.78, 5) is 2.59. The number of hydrogen-bond donors (Lipinski definition) is 1. The molecule has 0 bridgehead atoms. The minimum Gasteiger partial charge on any atom is -0.371 e. The van der Waals surface area contributed by atoms with Crippen molar-refractivity contribution in [3.8, 4) is 0 Å². The highest BCUT2D eigenvalue weighted by molar-refractivity contribution is 9.11. The van der Waals surface area contributed by atoms with E-state index in [-0.39, 0.29) is 6.10 Å². The second-order valence-corrected chi connectivity index (χ2v) is 8.59. The Kier molecular flexibility index (Phi) is 5.58. The molecule has 2 aromatic rings. The summed E-state index contributed by atoms with van der Waals surface area (Å²) in [6.07, 6.45) is 1.22. The van der Waals surface area contributed by atoms with Crippen molar-refractivity contribution >= 4 is 31.9 Å². The topological polar surface area (TPSA) is 24.5 Å². The predicted octanol–water partition coefficient (Wildman–Crippen LogP) is 4.30. The van der Waals surface area contributed by atoms with Crippen LogP contribution in [0, 0.1) is 0 Å². The molecule has 0 saturated carbocycles. The van der Waals surface area contributed by atoms with Crippen LogP contribution >= 0.6 is 31.9 Å². The maximum absolute atomic E-state index is 6.44. The SMILES string of the molecule is Brc1cc(Br)cc(CO[C@H]2Cc3ccccc3[C@H]2N2CCNCC2)c1. The number of ether oxygens (including phenoxy) is 1. The van der Waals surface area contributed by atoms with Gasteiger partial charge >= 0.3 is 0 Å². The lowest BCUT2D eigenvalue weighted by atomic mass is 10.1. The van der Waals surface area contributed by atoms with Gasteiger partial charge in [0.2, 0.25) is 0 Å². The van der Waals surface area contributed by atoms with Gasteiger partial charge in [0, 0.05) is 41.5 Å². The van der Waals surface area contributed by atoms with Gasteiger partial charge < -0.3 is 10.1 Å². The molecular weight excluding hydrogens is 444 g/mol. The van der Waals surface area contributed by atoms with Crippen LogP contribution in [0.2, 0.25) is 0 Å². The van der Waals surface area contributed by atoms with E-state index in [1.54, 1.807) is 0 Å². The van der Waals surface area contributed by atoms with Crippen molar-refractivity contribution in [1.29, 1.82) is 0 Å². The fourth-order valence-corrected chi connectivity index (χ4v) is 5.37. The maximum atomic E-state index is 6.44. The van der Waals surface area contributed by atoms with Gasteiger partial charge in [-0.05, 0) is 34.9 Å². The molecule has 132 valence electrons. The van der Waals surface area contributed by atoms with Gasteiger partial charge in [-0.15, -0.1) is 0 Å². The summed E-state index contributed by atoms with van der Waals surface area (Å²) in [5, 5.41) is 3.45. The summed E-state index contributed by atoms with van der Waals surface area (Å²) in [5.74, 6) is 0. The van der Waals surface area contributed by atoms with E-state index >= 15 is 0 Å². The number of benzene rings is 2. The molecule has 1 aliphatic carbocycles. The van der Waals surface area contributed by atoms with Gasteiger partial charge in [0.05, 0.1) is 18.8 Å². The van der Waals surface area contributed by atoms with Gasteiger partial charge in [0.15, 0.2) is 0 Å². The van der Waals surface area contributed by atoms with Crippen molar-refractivity contribution in [1.82, 2.24) is 10.2 Å². The summed E-state index contributed by atoms with van der Waals surface area (Å²) < 4.78 is 8.60. The Hall–Kier alpha value is -0.720. The quantitative estimate of drug-likeness (QED) is 0.728. The Morgan fingerprint density at radius 1 is 1.04 bits per heavy atom. The van der Waals surface area contributed by atoms with Crippen molar-refractivity contribution in [2.24, 2.45) is 0 Å². The largest absolute Gasteiger partial charge is 0.371 e. The van der Waals surface area contributed by atoms with Gasteiger partial charge in [-0.3, -0.25) is 4.90 Å². The first-order chi connectivity index (χ1) is 12.2. The van der Waals surface area contributed by atoms with Crippen molar-refractivity contribution < 1.29 is 4.74 Å². The lowest BCUT2D eigenvalue weighted by Gasteiger charge is -2.36. The Labute approximate surface area is 166 Å². The van der Waals surface area contributed by atoms with Gasteiger partial charge in [-0.2, -0.15) is 0 Å². The number of rotatable bonds is 4. The van der Waals surface area contributed by atoms with Crippen LogP contribution in [0.25, 0.3) is 0 Å². The molecule has 0 unspecified atom stereocenters. The second kappa shape index (κ2) is 7.89. The number of piperazine rings is 1. The van der Waals surface area contributed by atoms with Crippen molar-refractivity contribution in [3.63, 3.8) is 0 Å². The summed E-state index contributed by atoms with van der Waals surface area (Å²) in [7, 11) is 0. The molecule has 1 aliphatic heterocycles. The molecule has 0 aromatic heterocycles. The number of hydrogen-bond acceptors (Lipinski definition) is 3. The number of nitrogens with one attached hydrogen (secondary N) is 1. The zero-order chi connectivity index (χ0) is 17.2. The van der Waals surface area contributed by atoms with Crippen LogP contribution in [0.3, 0.4) is 0 Å². The molecule has 1 N–H and O–H groups in total. The lowest BCUT2D eigenvalue weighted by molar-refractivity contribution is -0.0188. The smallest absolute Gasteiger partial charge is 0.0816 e. The molecule has 0 amide bonds. The molecule has 2 aromatic carbocycles. The molecule has 4 rings (SSSR count). The standard InChI is InChI=1S/C20H22Br2N2O/c21-16-9-14(10-17(22)12-16)13-25-19-11-15-3-1-2-4-18(15)20(19)24-7-5-23-6-8-24/h1-4,9-10,12,19-20,23H,5-8,11,13H2/t19-,20+/m0/s1. The van der Waals surface area contributed by atoms with E-state index in [0.29, 0.717) is 12.6 Å². The molecule has 0 radical (unpaired) electrons. The Bertz CT molecular complexity index is 726. The fourth-order valence-electron chi connectivity index (χ4n) is 3.98. The molecule has 25 heavy (non-hydrogen) atoms. The Morgan fingerprint density at radius 3 is 2.52 bits per heavy atom. The summed E-state index contributed by atoms with van der Waals surface area (Å²) in [6.45, 7) is 4.93. The third-order valence-electron chi connectivity index (χ3n) is 5.08. The highest BCUT2D eigenvalue weighted by Crippen LogP contribution is 2.38. The van der Waals surface area contributed by atoms with Gasteiger partial charge in [0.25, 0.3) is 0 Å². The van der Waals surface area contributed by atoms with Crippen LogP contribution in [0.4, 0.5) is 0 Å². The first-order valence-electron chi connectivity index (χ1n) is 8.80. The van der Waals surface area contributed by atoms with Crippen molar-refractivity contribution in [2.45, 2.75) is 25.2 Å². The molecule has 5 heteroatoms. The minimum absolute atomic E-state index is 0.216. The number of nitrogens with zero attached hydrogens (tertiary/aromatic N) is 1. The highest BCUT2D eigenvalue weighted by Gasteiger charge is 2.37. The number of halogens is 2. The van der Waals surface area contributed by atoms with E-state index in [0.717, 1.165) is 41.5 Å². The van der Waals surface area contributed by atoms with E-state index in [9.17, 15) is 0 Å². The Balaban J connectivity index is 1.53.